The molecule has 3 aromatic heterocycles. The summed E-state index contributed by atoms with van der Waals surface area (Å²) in [6.45, 7) is 1.29. The number of aromatic nitrogens is 5. The third-order valence-electron chi connectivity index (χ3n) is 5.78. The molecule has 5 rings (SSSR count). The monoisotopic (exact) mass is 475 g/mol. The van der Waals surface area contributed by atoms with Gasteiger partial charge in [-0.15, -0.1) is 0 Å². The molecule has 1 aromatic carbocycles. The van der Waals surface area contributed by atoms with Gasteiger partial charge in [0.15, 0.2) is 0 Å². The standard InChI is InChI=1S/C24H25N7O4/c1-25-22(32)14-3-4-18(19(11-14)33-2)29-24-30-21-20(17(13-26-21)15-5-8-27-28-12-15)23(31-24)35-16-6-9-34-10-7-16/h3-5,8,11-13,16H,6-7,9-10H2,1-2H3,(H,25,32)(H2,26,29,30,31). The van der Waals surface area contributed by atoms with Crippen molar-refractivity contribution >= 4 is 28.6 Å². The van der Waals surface area contributed by atoms with Crippen molar-refractivity contribution in [1.29, 1.82) is 0 Å². The van der Waals surface area contributed by atoms with Gasteiger partial charge < -0.3 is 29.8 Å². The van der Waals surface area contributed by atoms with E-state index in [0.29, 0.717) is 47.7 Å². The molecule has 11 nitrogen and oxygen atoms in total. The van der Waals surface area contributed by atoms with Gasteiger partial charge in [-0.2, -0.15) is 20.2 Å². The summed E-state index contributed by atoms with van der Waals surface area (Å²) in [4.78, 5) is 24.6. The average molecular weight is 476 g/mol. The number of carbonyl (C=O) groups excluding carboxylic acids is 1. The number of aromatic amines is 1. The van der Waals surface area contributed by atoms with Crippen LogP contribution >= 0.6 is 0 Å². The lowest BCUT2D eigenvalue weighted by atomic mass is 10.1. The number of fused-ring (bicyclic) bond motifs is 1. The SMILES string of the molecule is CNC(=O)c1ccc(Nc2nc(OC3CCOCC3)c3c(-c4ccnnc4)c[nH]c3n2)c(OC)c1. The smallest absolute Gasteiger partial charge is 0.251 e. The number of benzene rings is 1. The largest absolute Gasteiger partial charge is 0.495 e. The van der Waals surface area contributed by atoms with Crippen molar-refractivity contribution in [1.82, 2.24) is 30.5 Å². The minimum atomic E-state index is -0.204. The molecule has 1 amide bonds. The fraction of sp³-hybridized carbons (Fsp3) is 0.292. The van der Waals surface area contributed by atoms with Crippen LogP contribution < -0.4 is 20.1 Å². The summed E-state index contributed by atoms with van der Waals surface area (Å²) in [5, 5.41) is 14.4. The minimum Gasteiger partial charge on any atom is -0.495 e. The lowest BCUT2D eigenvalue weighted by Crippen LogP contribution is -2.26. The van der Waals surface area contributed by atoms with E-state index in [0.717, 1.165) is 29.4 Å². The number of hydrogen-bond acceptors (Lipinski definition) is 9. The van der Waals surface area contributed by atoms with Gasteiger partial charge in [-0.1, -0.05) is 0 Å². The Morgan fingerprint density at radius 2 is 2.03 bits per heavy atom. The van der Waals surface area contributed by atoms with E-state index in [2.05, 4.69) is 30.8 Å². The lowest BCUT2D eigenvalue weighted by Gasteiger charge is -2.23. The molecule has 35 heavy (non-hydrogen) atoms. The Kier molecular flexibility index (Phi) is 6.40. The Hall–Kier alpha value is -4.25. The average Bonchev–Trinajstić information content (AvgIpc) is 3.34. The van der Waals surface area contributed by atoms with Gasteiger partial charge in [0, 0.05) is 42.8 Å². The molecule has 0 saturated carbocycles. The van der Waals surface area contributed by atoms with Crippen LogP contribution in [0.1, 0.15) is 23.2 Å². The number of H-pyrrole nitrogens is 1. The highest BCUT2D eigenvalue weighted by molar-refractivity contribution is 5.98. The van der Waals surface area contributed by atoms with Crippen LogP contribution in [-0.4, -0.2) is 64.5 Å². The Labute approximate surface area is 201 Å². The van der Waals surface area contributed by atoms with Crippen molar-refractivity contribution in [3.8, 4) is 22.8 Å². The van der Waals surface area contributed by atoms with E-state index in [9.17, 15) is 4.79 Å². The lowest BCUT2D eigenvalue weighted by molar-refractivity contribution is 0.0244. The number of amides is 1. The Bertz CT molecular complexity index is 1340. The summed E-state index contributed by atoms with van der Waals surface area (Å²) in [5.41, 5.74) is 3.45. The van der Waals surface area contributed by atoms with Gasteiger partial charge in [0.25, 0.3) is 5.91 Å². The van der Waals surface area contributed by atoms with E-state index in [1.54, 1.807) is 37.6 Å². The van der Waals surface area contributed by atoms with Crippen LogP contribution in [0.25, 0.3) is 22.2 Å². The highest BCUT2D eigenvalue weighted by Gasteiger charge is 2.22. The fourth-order valence-corrected chi connectivity index (χ4v) is 3.97. The molecule has 1 saturated heterocycles. The molecule has 4 aromatic rings. The number of nitrogens with zero attached hydrogens (tertiary/aromatic N) is 4. The number of ether oxygens (including phenoxy) is 3. The zero-order valence-electron chi connectivity index (χ0n) is 19.4. The van der Waals surface area contributed by atoms with Gasteiger partial charge >= 0.3 is 0 Å². The van der Waals surface area contributed by atoms with Crippen LogP contribution in [0.2, 0.25) is 0 Å². The van der Waals surface area contributed by atoms with Crippen molar-refractivity contribution < 1.29 is 19.0 Å². The summed E-state index contributed by atoms with van der Waals surface area (Å²) in [7, 11) is 3.12. The first-order valence-electron chi connectivity index (χ1n) is 11.2. The van der Waals surface area contributed by atoms with Gasteiger partial charge in [-0.3, -0.25) is 4.79 Å². The summed E-state index contributed by atoms with van der Waals surface area (Å²) in [6, 6.07) is 6.98. The minimum absolute atomic E-state index is 0.0191. The van der Waals surface area contributed by atoms with E-state index < -0.39 is 0 Å². The Morgan fingerprint density at radius 1 is 1.17 bits per heavy atom. The highest BCUT2D eigenvalue weighted by atomic mass is 16.5. The van der Waals surface area contributed by atoms with Crippen molar-refractivity contribution in [2.45, 2.75) is 18.9 Å². The van der Waals surface area contributed by atoms with Crippen molar-refractivity contribution in [3.05, 3.63) is 48.4 Å². The van der Waals surface area contributed by atoms with Gasteiger partial charge in [-0.05, 0) is 24.3 Å². The summed E-state index contributed by atoms with van der Waals surface area (Å²) in [5.74, 6) is 1.06. The Morgan fingerprint density at radius 3 is 2.77 bits per heavy atom. The molecule has 0 bridgehead atoms. The number of hydrogen-bond donors (Lipinski definition) is 3. The molecule has 1 fully saturated rings. The van der Waals surface area contributed by atoms with Crippen LogP contribution in [0.5, 0.6) is 11.6 Å². The second-order valence-electron chi connectivity index (χ2n) is 7.96. The van der Waals surface area contributed by atoms with E-state index in [-0.39, 0.29) is 12.0 Å². The van der Waals surface area contributed by atoms with Crippen LogP contribution in [-0.2, 0) is 4.74 Å². The zero-order chi connectivity index (χ0) is 24.2. The first-order chi connectivity index (χ1) is 17.2. The number of methoxy groups -OCH3 is 1. The highest BCUT2D eigenvalue weighted by Crippen LogP contribution is 2.36. The predicted octanol–water partition coefficient (Wildman–Crippen LogP) is 3.08. The second-order valence-corrected chi connectivity index (χ2v) is 7.96. The Balaban J connectivity index is 1.55. The molecule has 11 heteroatoms. The predicted molar refractivity (Wildman–Crippen MR) is 129 cm³/mol. The molecule has 3 N–H and O–H groups in total. The van der Waals surface area contributed by atoms with Crippen LogP contribution in [0.3, 0.4) is 0 Å². The van der Waals surface area contributed by atoms with Crippen LogP contribution in [0, 0.1) is 0 Å². The molecule has 0 unspecified atom stereocenters. The van der Waals surface area contributed by atoms with Gasteiger partial charge in [0.2, 0.25) is 11.8 Å². The molecule has 0 radical (unpaired) electrons. The molecule has 180 valence electrons. The van der Waals surface area contributed by atoms with E-state index in [1.807, 2.05) is 12.3 Å². The molecule has 0 atom stereocenters. The number of carbonyl (C=O) groups is 1. The molecule has 0 spiro atoms. The molecular formula is C24H25N7O4. The second kappa shape index (κ2) is 9.94. The quantitative estimate of drug-likeness (QED) is 0.368. The third kappa shape index (κ3) is 4.71. The maximum absolute atomic E-state index is 12.0. The van der Waals surface area contributed by atoms with Crippen molar-refractivity contribution in [2.75, 3.05) is 32.7 Å². The summed E-state index contributed by atoms with van der Waals surface area (Å²) < 4.78 is 17.3. The maximum atomic E-state index is 12.0. The van der Waals surface area contributed by atoms with E-state index >= 15 is 0 Å². The molecule has 1 aliphatic rings. The van der Waals surface area contributed by atoms with Gasteiger partial charge in [0.05, 0.1) is 43.8 Å². The van der Waals surface area contributed by atoms with E-state index in [4.69, 9.17) is 19.2 Å². The summed E-state index contributed by atoms with van der Waals surface area (Å²) in [6.07, 6.45) is 6.72. The molecular weight excluding hydrogens is 450 g/mol. The normalized spacial score (nSPS) is 14.0. The van der Waals surface area contributed by atoms with Gasteiger partial charge in [-0.25, -0.2) is 0 Å². The molecule has 4 heterocycles. The maximum Gasteiger partial charge on any atom is 0.251 e. The van der Waals surface area contributed by atoms with Gasteiger partial charge in [0.1, 0.15) is 17.5 Å². The number of rotatable bonds is 7. The third-order valence-corrected chi connectivity index (χ3v) is 5.78. The van der Waals surface area contributed by atoms with Crippen LogP contribution in [0.4, 0.5) is 11.6 Å². The fourth-order valence-electron chi connectivity index (χ4n) is 3.97. The molecule has 0 aliphatic carbocycles. The zero-order valence-corrected chi connectivity index (χ0v) is 19.4. The number of nitrogens with one attached hydrogen (secondary N) is 3. The topological polar surface area (TPSA) is 136 Å². The van der Waals surface area contributed by atoms with E-state index in [1.165, 1.54) is 7.11 Å². The first kappa shape index (κ1) is 22.5. The summed E-state index contributed by atoms with van der Waals surface area (Å²) >= 11 is 0. The van der Waals surface area contributed by atoms with Crippen LogP contribution in [0.15, 0.2) is 42.9 Å². The van der Waals surface area contributed by atoms with Crippen molar-refractivity contribution in [3.63, 3.8) is 0 Å². The molecule has 1 aliphatic heterocycles. The first-order valence-corrected chi connectivity index (χ1v) is 11.2. The van der Waals surface area contributed by atoms with Crippen molar-refractivity contribution in [2.24, 2.45) is 0 Å². The number of anilines is 2.